The highest BCUT2D eigenvalue weighted by Crippen LogP contribution is 2.44. The van der Waals surface area contributed by atoms with Gasteiger partial charge in [-0.05, 0) is 42.9 Å². The first-order chi connectivity index (χ1) is 16.7. The molecule has 2 atom stereocenters. The van der Waals surface area contributed by atoms with E-state index in [4.69, 9.17) is 19.2 Å². The lowest BCUT2D eigenvalue weighted by Gasteiger charge is -2.27. The van der Waals surface area contributed by atoms with Crippen molar-refractivity contribution in [1.29, 1.82) is 0 Å². The van der Waals surface area contributed by atoms with E-state index in [0.717, 1.165) is 54.2 Å². The number of benzene rings is 3. The van der Waals surface area contributed by atoms with Crippen molar-refractivity contribution in [3.8, 4) is 28.3 Å². The number of hydrogen-bond acceptors (Lipinski definition) is 5. The third kappa shape index (κ3) is 4.88. The summed E-state index contributed by atoms with van der Waals surface area (Å²) in [4.78, 5) is 25.9. The molecule has 1 aliphatic carbocycles. The quantitative estimate of drug-likeness (QED) is 0.226. The summed E-state index contributed by atoms with van der Waals surface area (Å²) in [5, 5.41) is 0. The summed E-state index contributed by atoms with van der Waals surface area (Å²) in [5.41, 5.74) is 4.15. The standard InChI is InChI=1S/C29H27NO4/c1-20(31)33-34-26-17-9-15-24(19-26)23-14-8-16-25(18-23)29-30-27(21-10-4-2-5-11-21)28(32-29)22-12-6-3-7-13-22/h2-7,9-13,15,17,19,23,25H,8,14,16,18H2,1H3. The molecule has 0 radical (unpaired) electrons. The molecule has 2 unspecified atom stereocenters. The topological polar surface area (TPSA) is 61.6 Å². The highest BCUT2D eigenvalue weighted by atomic mass is 17.2. The molecule has 1 heterocycles. The van der Waals surface area contributed by atoms with Gasteiger partial charge in [-0.25, -0.2) is 9.78 Å². The van der Waals surface area contributed by atoms with Crippen LogP contribution in [0.5, 0.6) is 5.75 Å². The van der Waals surface area contributed by atoms with Crippen molar-refractivity contribution in [3.05, 3.63) is 96.4 Å². The molecule has 1 aromatic heterocycles. The minimum Gasteiger partial charge on any atom is -0.440 e. The SMILES string of the molecule is CC(=O)OOc1cccc(C2CCCC(c3nc(-c4ccccc4)c(-c4ccccc4)o3)C2)c1. The van der Waals surface area contributed by atoms with Gasteiger partial charge in [-0.2, -0.15) is 0 Å². The maximum Gasteiger partial charge on any atom is 0.352 e. The van der Waals surface area contributed by atoms with Crippen LogP contribution in [0.2, 0.25) is 0 Å². The van der Waals surface area contributed by atoms with Crippen molar-refractivity contribution in [2.24, 2.45) is 0 Å². The van der Waals surface area contributed by atoms with E-state index < -0.39 is 5.97 Å². The van der Waals surface area contributed by atoms with Crippen molar-refractivity contribution in [2.75, 3.05) is 0 Å². The molecule has 0 aliphatic heterocycles. The Hall–Kier alpha value is -3.86. The smallest absolute Gasteiger partial charge is 0.352 e. The minimum absolute atomic E-state index is 0.233. The molecule has 0 amide bonds. The fourth-order valence-electron chi connectivity index (χ4n) is 4.73. The van der Waals surface area contributed by atoms with E-state index in [-0.39, 0.29) is 5.92 Å². The van der Waals surface area contributed by atoms with Crippen LogP contribution in [-0.2, 0) is 9.68 Å². The Kier molecular flexibility index (Phi) is 6.43. The second-order valence-electron chi connectivity index (χ2n) is 8.75. The largest absolute Gasteiger partial charge is 0.440 e. The summed E-state index contributed by atoms with van der Waals surface area (Å²) in [5.74, 6) is 2.26. The van der Waals surface area contributed by atoms with Crippen LogP contribution in [-0.4, -0.2) is 11.0 Å². The van der Waals surface area contributed by atoms with Gasteiger partial charge in [-0.15, -0.1) is 0 Å². The van der Waals surface area contributed by atoms with Crippen LogP contribution in [0.1, 0.15) is 55.9 Å². The van der Waals surface area contributed by atoms with E-state index in [2.05, 4.69) is 30.3 Å². The lowest BCUT2D eigenvalue weighted by molar-refractivity contribution is -0.210. The third-order valence-corrected chi connectivity index (χ3v) is 6.34. The number of rotatable bonds is 6. The maximum atomic E-state index is 11.1. The Bertz CT molecular complexity index is 1190. The second-order valence-corrected chi connectivity index (χ2v) is 8.75. The van der Waals surface area contributed by atoms with Gasteiger partial charge in [-0.3, -0.25) is 9.78 Å². The molecule has 5 heteroatoms. The van der Waals surface area contributed by atoms with Crippen molar-refractivity contribution < 1.29 is 19.0 Å². The average molecular weight is 454 g/mol. The zero-order valence-corrected chi connectivity index (χ0v) is 19.1. The van der Waals surface area contributed by atoms with Crippen LogP contribution in [0.4, 0.5) is 0 Å². The average Bonchev–Trinajstić information content (AvgIpc) is 3.35. The number of hydrogen-bond donors (Lipinski definition) is 0. The zero-order chi connectivity index (χ0) is 23.3. The normalized spacial score (nSPS) is 17.8. The summed E-state index contributed by atoms with van der Waals surface area (Å²) in [6.07, 6.45) is 4.17. The molecule has 1 fully saturated rings. The molecule has 4 aromatic rings. The van der Waals surface area contributed by atoms with Crippen LogP contribution in [0, 0.1) is 0 Å². The molecule has 34 heavy (non-hydrogen) atoms. The molecule has 5 rings (SSSR count). The monoisotopic (exact) mass is 453 g/mol. The molecule has 3 aromatic carbocycles. The van der Waals surface area contributed by atoms with Gasteiger partial charge in [0.25, 0.3) is 0 Å². The van der Waals surface area contributed by atoms with Gasteiger partial charge in [0, 0.05) is 24.0 Å². The molecule has 1 saturated carbocycles. The van der Waals surface area contributed by atoms with Gasteiger partial charge in [0.1, 0.15) is 5.69 Å². The van der Waals surface area contributed by atoms with Crippen LogP contribution < -0.4 is 4.89 Å². The Labute approximate surface area is 199 Å². The minimum atomic E-state index is -0.476. The van der Waals surface area contributed by atoms with Crippen molar-refractivity contribution in [3.63, 3.8) is 0 Å². The molecule has 1 aliphatic rings. The van der Waals surface area contributed by atoms with E-state index in [0.29, 0.717) is 11.7 Å². The number of carbonyl (C=O) groups excluding carboxylic acids is 1. The summed E-state index contributed by atoms with van der Waals surface area (Å²) < 4.78 is 6.47. The van der Waals surface area contributed by atoms with Crippen LogP contribution in [0.3, 0.4) is 0 Å². The Morgan fingerprint density at radius 3 is 2.32 bits per heavy atom. The molecular formula is C29H27NO4. The number of aromatic nitrogens is 1. The molecule has 5 nitrogen and oxygen atoms in total. The fourth-order valence-corrected chi connectivity index (χ4v) is 4.73. The van der Waals surface area contributed by atoms with Gasteiger partial charge in [0.05, 0.1) is 0 Å². The first-order valence-corrected chi connectivity index (χ1v) is 11.7. The first kappa shape index (κ1) is 22.0. The highest BCUT2D eigenvalue weighted by Gasteiger charge is 2.29. The lowest BCUT2D eigenvalue weighted by atomic mass is 9.78. The maximum absolute atomic E-state index is 11.1. The van der Waals surface area contributed by atoms with Crippen molar-refractivity contribution in [2.45, 2.75) is 44.4 Å². The lowest BCUT2D eigenvalue weighted by Crippen LogP contribution is -2.13. The molecule has 0 spiro atoms. The predicted molar refractivity (Wildman–Crippen MR) is 130 cm³/mol. The van der Waals surface area contributed by atoms with E-state index >= 15 is 0 Å². The predicted octanol–water partition coefficient (Wildman–Crippen LogP) is 7.31. The van der Waals surface area contributed by atoms with E-state index in [1.165, 1.54) is 12.5 Å². The summed E-state index contributed by atoms with van der Waals surface area (Å²) in [7, 11) is 0. The zero-order valence-electron chi connectivity index (χ0n) is 19.1. The van der Waals surface area contributed by atoms with Gasteiger partial charge in [0.15, 0.2) is 17.4 Å². The van der Waals surface area contributed by atoms with E-state index in [1.54, 1.807) is 6.07 Å². The molecule has 0 N–H and O–H groups in total. The van der Waals surface area contributed by atoms with Crippen molar-refractivity contribution >= 4 is 5.97 Å². The van der Waals surface area contributed by atoms with Crippen molar-refractivity contribution in [1.82, 2.24) is 4.98 Å². The first-order valence-electron chi connectivity index (χ1n) is 11.7. The summed E-state index contributed by atoms with van der Waals surface area (Å²) >= 11 is 0. The second kappa shape index (κ2) is 9.96. The Balaban J connectivity index is 1.42. The van der Waals surface area contributed by atoms with Crippen LogP contribution in [0.25, 0.3) is 22.6 Å². The Morgan fingerprint density at radius 2 is 1.59 bits per heavy atom. The van der Waals surface area contributed by atoms with E-state index in [1.807, 2.05) is 48.5 Å². The number of nitrogens with zero attached hydrogens (tertiary/aromatic N) is 1. The van der Waals surface area contributed by atoms with Crippen LogP contribution >= 0.6 is 0 Å². The molecule has 172 valence electrons. The molecule has 0 saturated heterocycles. The van der Waals surface area contributed by atoms with Gasteiger partial charge >= 0.3 is 5.97 Å². The van der Waals surface area contributed by atoms with Gasteiger partial charge in [-0.1, -0.05) is 79.2 Å². The summed E-state index contributed by atoms with van der Waals surface area (Å²) in [6, 6.07) is 28.2. The third-order valence-electron chi connectivity index (χ3n) is 6.34. The van der Waals surface area contributed by atoms with Crippen LogP contribution in [0.15, 0.2) is 89.3 Å². The number of oxazole rings is 1. The van der Waals surface area contributed by atoms with Gasteiger partial charge < -0.3 is 4.42 Å². The summed E-state index contributed by atoms with van der Waals surface area (Å²) in [6.45, 7) is 1.32. The highest BCUT2D eigenvalue weighted by molar-refractivity contribution is 5.76. The molecule has 0 bridgehead atoms. The molecular weight excluding hydrogens is 426 g/mol. The Morgan fingerprint density at radius 1 is 0.882 bits per heavy atom. The van der Waals surface area contributed by atoms with Gasteiger partial charge in [0.2, 0.25) is 0 Å². The number of carbonyl (C=O) groups is 1. The fraction of sp³-hybridized carbons (Fsp3) is 0.241. The van der Waals surface area contributed by atoms with E-state index in [9.17, 15) is 4.79 Å².